The molecule has 0 aliphatic rings. The average Bonchev–Trinajstić information content (AvgIpc) is 2.34. The van der Waals surface area contributed by atoms with Crippen LogP contribution >= 0.6 is 19.9 Å². The Morgan fingerprint density at radius 1 is 1.67 bits per heavy atom. The van der Waals surface area contributed by atoms with Crippen LogP contribution in [0, 0.1) is 0 Å². The highest BCUT2D eigenvalue weighted by Crippen LogP contribution is 2.13. The molecule has 0 bridgehead atoms. The zero-order valence-electron chi connectivity index (χ0n) is 5.35. The lowest BCUT2D eigenvalue weighted by Gasteiger charge is -1.84. The van der Waals surface area contributed by atoms with Crippen LogP contribution in [0.25, 0.3) is 0 Å². The van der Waals surface area contributed by atoms with Crippen LogP contribution in [0.4, 0.5) is 0 Å². The third-order valence-electron chi connectivity index (χ3n) is 1.11. The first-order valence-corrected chi connectivity index (χ1v) is 5.15. The maximum absolute atomic E-state index is 5.43. The van der Waals surface area contributed by atoms with E-state index in [9.17, 15) is 0 Å². The Balaban J connectivity index is 2.74. The molecule has 9 heavy (non-hydrogen) atoms. The van der Waals surface area contributed by atoms with Gasteiger partial charge in [-0.1, -0.05) is 8.58 Å². The fourth-order valence-electron chi connectivity index (χ4n) is 0.622. The summed E-state index contributed by atoms with van der Waals surface area (Å²) in [6.45, 7) is 2.88. The first kappa shape index (κ1) is 7.20. The monoisotopic (exact) mass is 159 g/mol. The van der Waals surface area contributed by atoms with Crippen LogP contribution < -0.4 is 10.4 Å². The van der Waals surface area contributed by atoms with E-state index in [-0.39, 0.29) is 0 Å². The maximum Gasteiger partial charge on any atom is 0.0274 e. The molecule has 1 rings (SSSR count). The van der Waals surface area contributed by atoms with Crippen molar-refractivity contribution in [2.45, 2.75) is 6.54 Å². The third-order valence-corrected chi connectivity index (χ3v) is 3.61. The highest BCUT2D eigenvalue weighted by molar-refractivity contribution is 7.56. The number of thiophene rings is 1. The highest BCUT2D eigenvalue weighted by Gasteiger charge is 1.93. The van der Waals surface area contributed by atoms with Gasteiger partial charge < -0.3 is 5.73 Å². The molecular formula is C6H10NPS. The van der Waals surface area contributed by atoms with E-state index in [1.165, 1.54) is 9.50 Å². The molecule has 0 saturated heterocycles. The first-order valence-electron chi connectivity index (χ1n) is 2.83. The summed E-state index contributed by atoms with van der Waals surface area (Å²) >= 11 is 1.82. The van der Waals surface area contributed by atoms with Gasteiger partial charge in [0.15, 0.2) is 0 Å². The lowest BCUT2D eigenvalue weighted by Crippen LogP contribution is -1.91. The summed E-state index contributed by atoms with van der Waals surface area (Å²) in [5, 5.41) is 0. The minimum atomic E-state index is 0.690. The molecule has 1 aromatic heterocycles. The van der Waals surface area contributed by atoms with E-state index in [0.717, 1.165) is 8.58 Å². The van der Waals surface area contributed by atoms with Crippen molar-refractivity contribution in [3.05, 3.63) is 17.0 Å². The van der Waals surface area contributed by atoms with E-state index < -0.39 is 0 Å². The largest absolute Gasteiger partial charge is 0.326 e. The fourth-order valence-corrected chi connectivity index (χ4v) is 2.31. The molecule has 1 heterocycles. The van der Waals surface area contributed by atoms with Gasteiger partial charge in [-0.15, -0.1) is 11.3 Å². The SMILES string of the molecule is CPc1ccc(CN)s1. The van der Waals surface area contributed by atoms with E-state index in [1.807, 2.05) is 11.3 Å². The van der Waals surface area contributed by atoms with Crippen LogP contribution in [0.5, 0.6) is 0 Å². The van der Waals surface area contributed by atoms with Gasteiger partial charge in [0.25, 0.3) is 0 Å². The van der Waals surface area contributed by atoms with Gasteiger partial charge in [-0.2, -0.15) is 0 Å². The lowest BCUT2D eigenvalue weighted by molar-refractivity contribution is 1.11. The molecular weight excluding hydrogens is 149 g/mol. The molecule has 1 nitrogen and oxygen atoms in total. The predicted octanol–water partition coefficient (Wildman–Crippen LogP) is 1.14. The van der Waals surface area contributed by atoms with Gasteiger partial charge in [0.2, 0.25) is 0 Å². The Morgan fingerprint density at radius 3 is 2.78 bits per heavy atom. The van der Waals surface area contributed by atoms with Gasteiger partial charge in [0.05, 0.1) is 0 Å². The zero-order valence-corrected chi connectivity index (χ0v) is 7.16. The van der Waals surface area contributed by atoms with Crippen LogP contribution in [0.2, 0.25) is 0 Å². The molecule has 0 aliphatic carbocycles. The van der Waals surface area contributed by atoms with Gasteiger partial charge >= 0.3 is 0 Å². The molecule has 0 fully saturated rings. The van der Waals surface area contributed by atoms with Crippen molar-refractivity contribution in [2.24, 2.45) is 5.73 Å². The van der Waals surface area contributed by atoms with Crippen LogP contribution in [-0.4, -0.2) is 6.66 Å². The van der Waals surface area contributed by atoms with Crippen molar-refractivity contribution in [1.29, 1.82) is 0 Å². The molecule has 0 radical (unpaired) electrons. The van der Waals surface area contributed by atoms with Crippen LogP contribution in [-0.2, 0) is 6.54 Å². The summed E-state index contributed by atoms with van der Waals surface area (Å²) in [7, 11) is 0.917. The quantitative estimate of drug-likeness (QED) is 0.643. The summed E-state index contributed by atoms with van der Waals surface area (Å²) in [5.74, 6) is 0. The van der Waals surface area contributed by atoms with Crippen molar-refractivity contribution >= 4 is 24.5 Å². The van der Waals surface area contributed by atoms with Crippen molar-refractivity contribution in [2.75, 3.05) is 6.66 Å². The second-order valence-corrected chi connectivity index (χ2v) is 4.29. The minimum absolute atomic E-state index is 0.690. The van der Waals surface area contributed by atoms with Crippen LogP contribution in [0.15, 0.2) is 12.1 Å². The van der Waals surface area contributed by atoms with Gasteiger partial charge in [0, 0.05) is 16.0 Å². The lowest BCUT2D eigenvalue weighted by atomic mass is 10.5. The smallest absolute Gasteiger partial charge is 0.0274 e. The van der Waals surface area contributed by atoms with E-state index >= 15 is 0 Å². The topological polar surface area (TPSA) is 26.0 Å². The van der Waals surface area contributed by atoms with Gasteiger partial charge in [-0.25, -0.2) is 0 Å². The van der Waals surface area contributed by atoms with Crippen molar-refractivity contribution in [1.82, 2.24) is 0 Å². The van der Waals surface area contributed by atoms with Crippen molar-refractivity contribution in [3.8, 4) is 0 Å². The second-order valence-electron chi connectivity index (χ2n) is 1.72. The normalized spacial score (nSPS) is 11.3. The van der Waals surface area contributed by atoms with Gasteiger partial charge in [-0.05, 0) is 18.8 Å². The third kappa shape index (κ3) is 1.75. The van der Waals surface area contributed by atoms with Gasteiger partial charge in [0.1, 0.15) is 0 Å². The number of rotatable bonds is 2. The minimum Gasteiger partial charge on any atom is -0.326 e. The summed E-state index contributed by atoms with van der Waals surface area (Å²) in [4.78, 5) is 1.29. The van der Waals surface area contributed by atoms with Crippen LogP contribution in [0.3, 0.4) is 0 Å². The highest BCUT2D eigenvalue weighted by atomic mass is 32.1. The maximum atomic E-state index is 5.43. The predicted molar refractivity (Wildman–Crippen MR) is 46.1 cm³/mol. The molecule has 0 saturated carbocycles. The molecule has 0 spiro atoms. The molecule has 50 valence electrons. The molecule has 3 heteroatoms. The average molecular weight is 159 g/mol. The zero-order chi connectivity index (χ0) is 6.69. The first-order chi connectivity index (χ1) is 4.36. The molecule has 1 unspecified atom stereocenters. The molecule has 0 amide bonds. The summed E-state index contributed by atoms with van der Waals surface area (Å²) in [5.41, 5.74) is 5.43. The Kier molecular flexibility index (Phi) is 2.65. The Labute approximate surface area is 61.1 Å². The number of hydrogen-bond acceptors (Lipinski definition) is 2. The Bertz CT molecular complexity index is 166. The molecule has 1 aromatic rings. The summed E-state index contributed by atoms with van der Waals surface area (Å²) in [6.07, 6.45) is 0. The number of hydrogen-bond donors (Lipinski definition) is 1. The molecule has 0 aromatic carbocycles. The van der Waals surface area contributed by atoms with Gasteiger partial charge in [-0.3, -0.25) is 0 Å². The van der Waals surface area contributed by atoms with Crippen molar-refractivity contribution < 1.29 is 0 Å². The molecule has 2 N–H and O–H groups in total. The van der Waals surface area contributed by atoms with E-state index in [1.54, 1.807) is 0 Å². The summed E-state index contributed by atoms with van der Waals surface area (Å²) in [6, 6.07) is 4.27. The Morgan fingerprint density at radius 2 is 2.44 bits per heavy atom. The van der Waals surface area contributed by atoms with Crippen LogP contribution in [0.1, 0.15) is 4.88 Å². The van der Waals surface area contributed by atoms with E-state index in [4.69, 9.17) is 5.73 Å². The standard InChI is InChI=1S/C6H10NPS/c1-8-6-3-2-5(4-7)9-6/h2-3,8H,4,7H2,1H3. The van der Waals surface area contributed by atoms with E-state index in [0.29, 0.717) is 6.54 Å². The molecule has 0 aliphatic heterocycles. The number of nitrogens with two attached hydrogens (primary N) is 1. The molecule has 1 atom stereocenters. The fraction of sp³-hybridized carbons (Fsp3) is 0.333. The summed E-state index contributed by atoms with van der Waals surface area (Å²) < 4.78 is 1.45. The van der Waals surface area contributed by atoms with Crippen molar-refractivity contribution in [3.63, 3.8) is 0 Å². The Hall–Kier alpha value is 0.0900. The second kappa shape index (κ2) is 3.31. The van der Waals surface area contributed by atoms with E-state index in [2.05, 4.69) is 18.8 Å².